The van der Waals surface area contributed by atoms with Crippen molar-refractivity contribution >= 4 is 12.0 Å². The number of β-amino-alcohol motifs (C(OH)–C–C–N with tert-alkyl or cyclic N) is 1. The minimum atomic E-state index is -0.371. The van der Waals surface area contributed by atoms with Crippen LogP contribution in [-0.4, -0.2) is 59.2 Å². The second kappa shape index (κ2) is 7.66. The molecule has 0 aromatic heterocycles. The standard InChI is InChI=1S/C18H24N2O4/c21-16-11-20(12-16)17(22)15-7-4-9-19(10-8-15)18(23)24-13-14-5-2-1-3-6-14/h1-3,5-6,15-16,21H,4,7-13H2/t15-/m0/s1. The van der Waals surface area contributed by atoms with E-state index in [2.05, 4.69) is 0 Å². The predicted molar refractivity (Wildman–Crippen MR) is 88.1 cm³/mol. The van der Waals surface area contributed by atoms with Gasteiger partial charge in [0.05, 0.1) is 6.10 Å². The number of carbonyl (C=O) groups is 2. The molecule has 24 heavy (non-hydrogen) atoms. The Labute approximate surface area is 142 Å². The van der Waals surface area contributed by atoms with Crippen molar-refractivity contribution in [1.29, 1.82) is 0 Å². The van der Waals surface area contributed by atoms with Gasteiger partial charge in [0.25, 0.3) is 0 Å². The van der Waals surface area contributed by atoms with Crippen molar-refractivity contribution in [2.45, 2.75) is 32.0 Å². The summed E-state index contributed by atoms with van der Waals surface area (Å²) in [6.45, 7) is 2.32. The van der Waals surface area contributed by atoms with Gasteiger partial charge in [-0.25, -0.2) is 4.79 Å². The number of aliphatic hydroxyl groups is 1. The van der Waals surface area contributed by atoms with Crippen LogP contribution in [0.5, 0.6) is 0 Å². The Kier molecular flexibility index (Phi) is 5.35. The summed E-state index contributed by atoms with van der Waals surface area (Å²) < 4.78 is 5.37. The van der Waals surface area contributed by atoms with Gasteiger partial charge in [0.2, 0.25) is 5.91 Å². The summed E-state index contributed by atoms with van der Waals surface area (Å²) in [5, 5.41) is 9.33. The Morgan fingerprint density at radius 1 is 1.08 bits per heavy atom. The van der Waals surface area contributed by atoms with E-state index in [9.17, 15) is 14.7 Å². The van der Waals surface area contributed by atoms with E-state index in [4.69, 9.17) is 4.74 Å². The van der Waals surface area contributed by atoms with E-state index in [1.54, 1.807) is 9.80 Å². The van der Waals surface area contributed by atoms with Gasteiger partial charge in [-0.05, 0) is 24.8 Å². The molecule has 1 aromatic rings. The Morgan fingerprint density at radius 3 is 2.54 bits per heavy atom. The number of ether oxygens (including phenoxy) is 1. The summed E-state index contributed by atoms with van der Waals surface area (Å²) in [6.07, 6.45) is 1.56. The van der Waals surface area contributed by atoms with Crippen LogP contribution in [0.2, 0.25) is 0 Å². The number of benzene rings is 1. The van der Waals surface area contributed by atoms with Crippen LogP contribution >= 0.6 is 0 Å². The van der Waals surface area contributed by atoms with Crippen molar-refractivity contribution in [1.82, 2.24) is 9.80 Å². The Balaban J connectivity index is 1.46. The number of rotatable bonds is 3. The third-order valence-corrected chi connectivity index (χ3v) is 4.71. The minimum Gasteiger partial charge on any atom is -0.445 e. The van der Waals surface area contributed by atoms with E-state index in [1.807, 2.05) is 30.3 Å². The number of nitrogens with zero attached hydrogens (tertiary/aromatic N) is 2. The van der Waals surface area contributed by atoms with Gasteiger partial charge in [-0.15, -0.1) is 0 Å². The zero-order valence-electron chi connectivity index (χ0n) is 13.8. The third-order valence-electron chi connectivity index (χ3n) is 4.71. The molecule has 0 unspecified atom stereocenters. The molecule has 2 heterocycles. The van der Waals surface area contributed by atoms with Crippen LogP contribution in [0.25, 0.3) is 0 Å². The normalized spacial score (nSPS) is 21.8. The van der Waals surface area contributed by atoms with Crippen LogP contribution in [0.3, 0.4) is 0 Å². The first-order chi connectivity index (χ1) is 11.6. The molecule has 3 rings (SSSR count). The van der Waals surface area contributed by atoms with Crippen LogP contribution in [0.1, 0.15) is 24.8 Å². The first kappa shape index (κ1) is 16.8. The molecule has 2 fully saturated rings. The smallest absolute Gasteiger partial charge is 0.410 e. The molecule has 6 heteroatoms. The lowest BCUT2D eigenvalue weighted by atomic mass is 9.97. The summed E-state index contributed by atoms with van der Waals surface area (Å²) in [7, 11) is 0. The molecule has 0 radical (unpaired) electrons. The number of hydrogen-bond donors (Lipinski definition) is 1. The van der Waals surface area contributed by atoms with Gasteiger partial charge in [0.15, 0.2) is 0 Å². The molecule has 2 aliphatic heterocycles. The van der Waals surface area contributed by atoms with Gasteiger partial charge >= 0.3 is 6.09 Å². The highest BCUT2D eigenvalue weighted by Crippen LogP contribution is 2.23. The predicted octanol–water partition coefficient (Wildman–Crippen LogP) is 1.63. The van der Waals surface area contributed by atoms with Gasteiger partial charge in [0, 0.05) is 32.1 Å². The number of likely N-dealkylation sites (tertiary alicyclic amines) is 2. The van der Waals surface area contributed by atoms with Crippen molar-refractivity contribution in [3.63, 3.8) is 0 Å². The Morgan fingerprint density at radius 2 is 1.83 bits per heavy atom. The van der Waals surface area contributed by atoms with Gasteiger partial charge in [-0.3, -0.25) is 4.79 Å². The number of amides is 2. The molecule has 1 N–H and O–H groups in total. The molecule has 0 aliphatic carbocycles. The van der Waals surface area contributed by atoms with E-state index in [0.717, 1.165) is 18.4 Å². The maximum Gasteiger partial charge on any atom is 0.410 e. The second-order valence-electron chi connectivity index (χ2n) is 6.55. The maximum absolute atomic E-state index is 12.3. The van der Waals surface area contributed by atoms with Crippen LogP contribution in [0.4, 0.5) is 4.79 Å². The van der Waals surface area contributed by atoms with Crippen LogP contribution in [0, 0.1) is 5.92 Å². The highest BCUT2D eigenvalue weighted by molar-refractivity contribution is 5.80. The van der Waals surface area contributed by atoms with E-state index in [-0.39, 0.29) is 30.6 Å². The maximum atomic E-state index is 12.3. The zero-order chi connectivity index (χ0) is 16.9. The van der Waals surface area contributed by atoms with Crippen molar-refractivity contribution in [3.05, 3.63) is 35.9 Å². The topological polar surface area (TPSA) is 70.1 Å². The van der Waals surface area contributed by atoms with E-state index in [1.165, 1.54) is 0 Å². The van der Waals surface area contributed by atoms with Crippen molar-refractivity contribution in [2.75, 3.05) is 26.2 Å². The lowest BCUT2D eigenvalue weighted by Gasteiger charge is -2.38. The Hall–Kier alpha value is -2.08. The molecule has 0 saturated carbocycles. The van der Waals surface area contributed by atoms with Gasteiger partial charge < -0.3 is 19.6 Å². The monoisotopic (exact) mass is 332 g/mol. The zero-order valence-corrected chi connectivity index (χ0v) is 13.8. The number of hydrogen-bond acceptors (Lipinski definition) is 4. The molecule has 2 aliphatic rings. The minimum absolute atomic E-state index is 0.0515. The van der Waals surface area contributed by atoms with E-state index < -0.39 is 0 Å². The molecule has 1 atom stereocenters. The quantitative estimate of drug-likeness (QED) is 0.913. The molecule has 2 saturated heterocycles. The summed E-state index contributed by atoms with van der Waals surface area (Å²) in [6, 6.07) is 9.60. The highest BCUT2D eigenvalue weighted by atomic mass is 16.6. The van der Waals surface area contributed by atoms with Crippen molar-refractivity contribution in [2.24, 2.45) is 5.92 Å². The summed E-state index contributed by atoms with van der Waals surface area (Å²) in [5.74, 6) is 0.0595. The van der Waals surface area contributed by atoms with Gasteiger partial charge in [-0.1, -0.05) is 30.3 Å². The molecule has 0 bridgehead atoms. The first-order valence-electron chi connectivity index (χ1n) is 8.56. The summed E-state index contributed by atoms with van der Waals surface area (Å²) in [4.78, 5) is 28.0. The fourth-order valence-electron chi connectivity index (χ4n) is 3.23. The second-order valence-corrected chi connectivity index (χ2v) is 6.55. The van der Waals surface area contributed by atoms with E-state index in [0.29, 0.717) is 32.6 Å². The van der Waals surface area contributed by atoms with Crippen molar-refractivity contribution in [3.8, 4) is 0 Å². The largest absolute Gasteiger partial charge is 0.445 e. The average Bonchev–Trinajstić information content (AvgIpc) is 2.83. The molecule has 130 valence electrons. The Bertz CT molecular complexity index is 572. The molecular weight excluding hydrogens is 308 g/mol. The highest BCUT2D eigenvalue weighted by Gasteiger charge is 2.34. The molecule has 2 amide bonds. The SMILES string of the molecule is O=C(OCc1ccccc1)N1CCC[C@H](C(=O)N2CC(O)C2)CC1. The van der Waals surface area contributed by atoms with Gasteiger partial charge in [0.1, 0.15) is 6.61 Å². The lowest BCUT2D eigenvalue weighted by molar-refractivity contribution is -0.146. The van der Waals surface area contributed by atoms with Crippen LogP contribution < -0.4 is 0 Å². The first-order valence-corrected chi connectivity index (χ1v) is 8.56. The molecule has 6 nitrogen and oxygen atoms in total. The van der Waals surface area contributed by atoms with Gasteiger partial charge in [-0.2, -0.15) is 0 Å². The lowest BCUT2D eigenvalue weighted by Crippen LogP contribution is -2.55. The molecular formula is C18H24N2O4. The fourth-order valence-corrected chi connectivity index (χ4v) is 3.23. The summed E-state index contributed by atoms with van der Waals surface area (Å²) in [5.41, 5.74) is 0.963. The third kappa shape index (κ3) is 4.06. The molecule has 1 aromatic carbocycles. The summed E-state index contributed by atoms with van der Waals surface area (Å²) >= 11 is 0. The average molecular weight is 332 g/mol. The fraction of sp³-hybridized carbons (Fsp3) is 0.556. The van der Waals surface area contributed by atoms with E-state index >= 15 is 0 Å². The molecule has 0 spiro atoms. The van der Waals surface area contributed by atoms with Crippen molar-refractivity contribution < 1.29 is 19.4 Å². The number of carbonyl (C=O) groups excluding carboxylic acids is 2. The van der Waals surface area contributed by atoms with Crippen LogP contribution in [-0.2, 0) is 16.1 Å². The van der Waals surface area contributed by atoms with Crippen LogP contribution in [0.15, 0.2) is 30.3 Å². The number of aliphatic hydroxyl groups excluding tert-OH is 1.